The summed E-state index contributed by atoms with van der Waals surface area (Å²) in [5.41, 5.74) is 3.92. The molecule has 4 rings (SSSR count). The molecule has 126 valence electrons. The first-order valence-corrected chi connectivity index (χ1v) is 8.70. The van der Waals surface area contributed by atoms with Crippen molar-refractivity contribution < 1.29 is 4.74 Å². The van der Waals surface area contributed by atoms with Crippen LogP contribution in [0.1, 0.15) is 22.8 Å². The van der Waals surface area contributed by atoms with E-state index in [4.69, 9.17) is 16.3 Å². The Balaban J connectivity index is 1.55. The van der Waals surface area contributed by atoms with Gasteiger partial charge in [0.25, 0.3) is 0 Å². The lowest BCUT2D eigenvalue weighted by molar-refractivity contribution is -0.0329. The van der Waals surface area contributed by atoms with Crippen LogP contribution in [-0.2, 0) is 11.3 Å². The van der Waals surface area contributed by atoms with Crippen molar-refractivity contribution in [2.75, 3.05) is 19.7 Å². The monoisotopic (exact) mass is 351 g/mol. The van der Waals surface area contributed by atoms with Gasteiger partial charge in [0.2, 0.25) is 0 Å². The van der Waals surface area contributed by atoms with Gasteiger partial charge in [-0.3, -0.25) is 4.90 Å². The van der Waals surface area contributed by atoms with Crippen LogP contribution in [-0.4, -0.2) is 29.0 Å². The van der Waals surface area contributed by atoms with Crippen LogP contribution in [0.4, 0.5) is 0 Å². The number of benzene rings is 1. The van der Waals surface area contributed by atoms with E-state index in [-0.39, 0.29) is 6.10 Å². The fourth-order valence-electron chi connectivity index (χ4n) is 3.39. The van der Waals surface area contributed by atoms with Crippen molar-refractivity contribution in [3.63, 3.8) is 0 Å². The maximum absolute atomic E-state index is 9.57. The van der Waals surface area contributed by atoms with E-state index >= 15 is 0 Å². The molecule has 1 aromatic carbocycles. The van der Waals surface area contributed by atoms with Gasteiger partial charge in [-0.15, -0.1) is 0 Å². The predicted molar refractivity (Wildman–Crippen MR) is 97.5 cm³/mol. The van der Waals surface area contributed by atoms with Crippen LogP contribution in [0.25, 0.3) is 5.52 Å². The lowest BCUT2D eigenvalue weighted by Crippen LogP contribution is -2.37. The standard InChI is InChI=1S/C20H18ClN3O/c21-17-6-4-15(5-7-17)20-14-23(9-10-25-20)12-16-13-24-8-2-1-3-19(24)18(16)11-22/h1-8,13,20H,9-10,12,14H2/t20-/m0/s1. The Bertz CT molecular complexity index is 926. The van der Waals surface area contributed by atoms with Crippen molar-refractivity contribution >= 4 is 17.1 Å². The SMILES string of the molecule is N#Cc1c(CN2CCO[C@H](c3ccc(Cl)cc3)C2)cn2ccccc12. The van der Waals surface area contributed by atoms with Gasteiger partial charge >= 0.3 is 0 Å². The average Bonchev–Trinajstić information content (AvgIpc) is 2.99. The Morgan fingerprint density at radius 3 is 2.84 bits per heavy atom. The molecule has 0 radical (unpaired) electrons. The molecule has 0 bridgehead atoms. The molecule has 3 aromatic rings. The molecule has 0 spiro atoms. The molecule has 0 amide bonds. The zero-order chi connectivity index (χ0) is 17.2. The highest BCUT2D eigenvalue weighted by Crippen LogP contribution is 2.26. The third kappa shape index (κ3) is 3.27. The quantitative estimate of drug-likeness (QED) is 0.715. The lowest BCUT2D eigenvalue weighted by Gasteiger charge is -2.33. The van der Waals surface area contributed by atoms with E-state index in [1.807, 2.05) is 53.1 Å². The molecule has 1 atom stereocenters. The van der Waals surface area contributed by atoms with Crippen LogP contribution in [0.3, 0.4) is 0 Å². The van der Waals surface area contributed by atoms with Gasteiger partial charge in [0.1, 0.15) is 6.07 Å². The van der Waals surface area contributed by atoms with Gasteiger partial charge in [0.05, 0.1) is 23.8 Å². The Kier molecular flexibility index (Phi) is 4.46. The molecule has 1 aliphatic rings. The Morgan fingerprint density at radius 2 is 2.04 bits per heavy atom. The molecule has 4 nitrogen and oxygen atoms in total. The number of rotatable bonds is 3. The van der Waals surface area contributed by atoms with Crippen LogP contribution in [0, 0.1) is 11.3 Å². The second kappa shape index (κ2) is 6.89. The number of pyridine rings is 1. The maximum atomic E-state index is 9.57. The molecule has 25 heavy (non-hydrogen) atoms. The maximum Gasteiger partial charge on any atom is 0.102 e. The van der Waals surface area contributed by atoms with Crippen molar-refractivity contribution in [1.29, 1.82) is 5.26 Å². The number of aromatic nitrogens is 1. The topological polar surface area (TPSA) is 40.7 Å². The highest BCUT2D eigenvalue weighted by atomic mass is 35.5. The summed E-state index contributed by atoms with van der Waals surface area (Å²) in [6.45, 7) is 3.10. The van der Waals surface area contributed by atoms with Crippen molar-refractivity contribution in [1.82, 2.24) is 9.30 Å². The van der Waals surface area contributed by atoms with Gasteiger partial charge in [-0.1, -0.05) is 29.8 Å². The number of ether oxygens (including phenoxy) is 1. The number of halogens is 1. The van der Waals surface area contributed by atoms with Gasteiger partial charge in [-0.05, 0) is 29.8 Å². The van der Waals surface area contributed by atoms with E-state index in [0.29, 0.717) is 6.61 Å². The summed E-state index contributed by atoms with van der Waals surface area (Å²) in [4.78, 5) is 2.35. The Hall–Kier alpha value is -2.32. The second-order valence-corrected chi connectivity index (χ2v) is 6.72. The van der Waals surface area contributed by atoms with E-state index in [9.17, 15) is 5.26 Å². The van der Waals surface area contributed by atoms with Crippen LogP contribution >= 0.6 is 11.6 Å². The number of hydrogen-bond acceptors (Lipinski definition) is 3. The molecule has 0 saturated carbocycles. The molecule has 0 unspecified atom stereocenters. The van der Waals surface area contributed by atoms with Gasteiger partial charge < -0.3 is 9.14 Å². The summed E-state index contributed by atoms with van der Waals surface area (Å²) in [5, 5.41) is 10.3. The van der Waals surface area contributed by atoms with Crippen LogP contribution in [0.2, 0.25) is 5.02 Å². The van der Waals surface area contributed by atoms with Crippen LogP contribution in [0.15, 0.2) is 54.9 Å². The Morgan fingerprint density at radius 1 is 1.20 bits per heavy atom. The zero-order valence-corrected chi connectivity index (χ0v) is 14.5. The van der Waals surface area contributed by atoms with Gasteiger partial charge in [-0.25, -0.2) is 0 Å². The first kappa shape index (κ1) is 16.2. The smallest absolute Gasteiger partial charge is 0.102 e. The fraction of sp³-hybridized carbons (Fsp3) is 0.250. The summed E-state index contributed by atoms with van der Waals surface area (Å²) in [5.74, 6) is 0. The normalized spacial score (nSPS) is 18.3. The largest absolute Gasteiger partial charge is 0.371 e. The number of hydrogen-bond donors (Lipinski definition) is 0. The molecule has 0 N–H and O–H groups in total. The molecule has 5 heteroatoms. The van der Waals surface area contributed by atoms with E-state index in [1.165, 1.54) is 0 Å². The number of nitriles is 1. The highest BCUT2D eigenvalue weighted by molar-refractivity contribution is 6.30. The minimum Gasteiger partial charge on any atom is -0.371 e. The number of nitrogens with zero attached hydrogens (tertiary/aromatic N) is 3. The summed E-state index contributed by atoms with van der Waals surface area (Å²) in [6, 6.07) is 16.1. The van der Waals surface area contributed by atoms with Crippen molar-refractivity contribution in [3.05, 3.63) is 76.6 Å². The van der Waals surface area contributed by atoms with Crippen molar-refractivity contribution in [2.24, 2.45) is 0 Å². The van der Waals surface area contributed by atoms with E-state index < -0.39 is 0 Å². The third-order valence-corrected chi connectivity index (χ3v) is 4.91. The van der Waals surface area contributed by atoms with E-state index in [2.05, 4.69) is 17.2 Å². The van der Waals surface area contributed by atoms with E-state index in [1.54, 1.807) is 0 Å². The molecule has 2 aromatic heterocycles. The second-order valence-electron chi connectivity index (χ2n) is 6.28. The minimum absolute atomic E-state index is 0.0357. The van der Waals surface area contributed by atoms with Crippen molar-refractivity contribution in [3.8, 4) is 6.07 Å². The third-order valence-electron chi connectivity index (χ3n) is 4.66. The van der Waals surface area contributed by atoms with Gasteiger partial charge in [0, 0.05) is 42.6 Å². The molecule has 0 aliphatic carbocycles. The van der Waals surface area contributed by atoms with Crippen molar-refractivity contribution in [2.45, 2.75) is 12.6 Å². The average molecular weight is 352 g/mol. The van der Waals surface area contributed by atoms with Gasteiger partial charge in [0.15, 0.2) is 0 Å². The first-order valence-electron chi connectivity index (χ1n) is 8.32. The molecule has 1 fully saturated rings. The minimum atomic E-state index is 0.0357. The van der Waals surface area contributed by atoms with Crippen LogP contribution in [0.5, 0.6) is 0 Å². The molecule has 1 aliphatic heterocycles. The first-order chi connectivity index (χ1) is 12.2. The predicted octanol–water partition coefficient (Wildman–Crippen LogP) is 4.04. The van der Waals surface area contributed by atoms with Gasteiger partial charge in [-0.2, -0.15) is 5.26 Å². The summed E-state index contributed by atoms with van der Waals surface area (Å²) in [7, 11) is 0. The summed E-state index contributed by atoms with van der Waals surface area (Å²) >= 11 is 5.97. The summed E-state index contributed by atoms with van der Waals surface area (Å²) in [6.07, 6.45) is 4.07. The number of fused-ring (bicyclic) bond motifs is 1. The zero-order valence-electron chi connectivity index (χ0n) is 13.7. The molecular weight excluding hydrogens is 334 g/mol. The molecule has 1 saturated heterocycles. The highest BCUT2D eigenvalue weighted by Gasteiger charge is 2.23. The Labute approximate surface area is 151 Å². The number of morpholine rings is 1. The van der Waals surface area contributed by atoms with Crippen LogP contribution < -0.4 is 0 Å². The molecular formula is C20H18ClN3O. The fourth-order valence-corrected chi connectivity index (χ4v) is 3.52. The summed E-state index contributed by atoms with van der Waals surface area (Å²) < 4.78 is 7.95. The lowest BCUT2D eigenvalue weighted by atomic mass is 10.1. The van der Waals surface area contributed by atoms with E-state index in [0.717, 1.165) is 46.9 Å². The molecule has 3 heterocycles.